The normalized spacial score (nSPS) is 14.5. The summed E-state index contributed by atoms with van der Waals surface area (Å²) in [6, 6.07) is 12.1. The van der Waals surface area contributed by atoms with Crippen molar-refractivity contribution in [3.8, 4) is 5.75 Å². The summed E-state index contributed by atoms with van der Waals surface area (Å²) in [6.45, 7) is 9.32. The fraction of sp³-hybridized carbons (Fsp3) is 0.440. The van der Waals surface area contributed by atoms with Crippen molar-refractivity contribution in [2.24, 2.45) is 0 Å². The molecule has 0 aliphatic carbocycles. The number of hydrogen-bond donors (Lipinski definition) is 0. The van der Waals surface area contributed by atoms with Gasteiger partial charge in [0.15, 0.2) is 5.13 Å². The first-order valence-electron chi connectivity index (χ1n) is 11.3. The fourth-order valence-electron chi connectivity index (χ4n) is 3.98. The van der Waals surface area contributed by atoms with Gasteiger partial charge >= 0.3 is 0 Å². The third-order valence-electron chi connectivity index (χ3n) is 5.72. The van der Waals surface area contributed by atoms with Crippen molar-refractivity contribution in [2.75, 3.05) is 57.2 Å². The summed E-state index contributed by atoms with van der Waals surface area (Å²) in [5.74, 6) is 1.28. The number of aromatic nitrogens is 1. The number of fused-ring (bicyclic) bond motifs is 1. The van der Waals surface area contributed by atoms with E-state index < -0.39 is 0 Å². The average Bonchev–Trinajstić information content (AvgIpc) is 3.25. The van der Waals surface area contributed by atoms with Crippen LogP contribution in [-0.2, 0) is 9.53 Å². The lowest BCUT2D eigenvalue weighted by molar-refractivity contribution is -0.116. The van der Waals surface area contributed by atoms with Crippen LogP contribution in [0.2, 0.25) is 0 Å². The van der Waals surface area contributed by atoms with E-state index in [1.807, 2.05) is 29.2 Å². The van der Waals surface area contributed by atoms with Crippen molar-refractivity contribution >= 4 is 44.4 Å². The second kappa shape index (κ2) is 11.3. The van der Waals surface area contributed by atoms with Gasteiger partial charge < -0.3 is 9.47 Å². The predicted molar refractivity (Wildman–Crippen MR) is 137 cm³/mol. The molecule has 0 bridgehead atoms. The molecule has 33 heavy (non-hydrogen) atoms. The Morgan fingerprint density at radius 3 is 2.70 bits per heavy atom. The Morgan fingerprint density at radius 2 is 1.97 bits per heavy atom. The number of ether oxygens (including phenoxy) is 2. The van der Waals surface area contributed by atoms with Gasteiger partial charge in [0, 0.05) is 31.1 Å². The molecule has 4 rings (SSSR count). The van der Waals surface area contributed by atoms with Crippen LogP contribution in [0, 0.1) is 13.8 Å². The van der Waals surface area contributed by atoms with Crippen LogP contribution < -0.4 is 9.64 Å². The highest BCUT2D eigenvalue weighted by Gasteiger charge is 2.21. The second-order valence-corrected chi connectivity index (χ2v) is 10.3. The number of methoxy groups -OCH3 is 1. The SMILES string of the molecule is COc1ccc(SCC(=O)N(CCCN2CCOCC2)c2nc3cc(C)cc(C)c3s2)cc1. The first-order valence-corrected chi connectivity index (χ1v) is 13.1. The largest absolute Gasteiger partial charge is 0.497 e. The molecule has 176 valence electrons. The predicted octanol–water partition coefficient (Wildman–Crippen LogP) is 4.77. The Kier molecular flexibility index (Phi) is 8.25. The summed E-state index contributed by atoms with van der Waals surface area (Å²) >= 11 is 3.16. The molecule has 0 saturated carbocycles. The number of carbonyl (C=O) groups excluding carboxylic acids is 1. The van der Waals surface area contributed by atoms with E-state index in [0.717, 1.165) is 65.3 Å². The van der Waals surface area contributed by atoms with Gasteiger partial charge in [-0.1, -0.05) is 17.4 Å². The molecule has 1 aliphatic rings. The molecule has 1 fully saturated rings. The third kappa shape index (κ3) is 6.26. The molecule has 2 heterocycles. The van der Waals surface area contributed by atoms with E-state index in [1.165, 1.54) is 11.1 Å². The Morgan fingerprint density at radius 1 is 1.21 bits per heavy atom. The van der Waals surface area contributed by atoms with Crippen LogP contribution in [0.1, 0.15) is 17.5 Å². The Hall–Kier alpha value is -2.13. The number of thioether (sulfide) groups is 1. The molecule has 1 aromatic heterocycles. The van der Waals surface area contributed by atoms with Gasteiger partial charge in [0.2, 0.25) is 5.91 Å². The van der Waals surface area contributed by atoms with E-state index in [2.05, 4.69) is 30.9 Å². The van der Waals surface area contributed by atoms with E-state index in [4.69, 9.17) is 14.5 Å². The molecular weight excluding hydrogens is 454 g/mol. The summed E-state index contributed by atoms with van der Waals surface area (Å²) in [5.41, 5.74) is 3.38. The first-order chi connectivity index (χ1) is 16.0. The summed E-state index contributed by atoms with van der Waals surface area (Å²) in [5, 5.41) is 0.793. The van der Waals surface area contributed by atoms with Crippen LogP contribution >= 0.6 is 23.1 Å². The van der Waals surface area contributed by atoms with Gasteiger partial charge in [0.25, 0.3) is 0 Å². The first kappa shape index (κ1) is 24.0. The number of amides is 1. The van der Waals surface area contributed by atoms with Crippen molar-refractivity contribution in [1.82, 2.24) is 9.88 Å². The molecule has 0 radical (unpaired) electrons. The minimum atomic E-state index is 0.0891. The van der Waals surface area contributed by atoms with Crippen LogP contribution in [0.15, 0.2) is 41.3 Å². The van der Waals surface area contributed by atoms with Crippen molar-refractivity contribution in [3.05, 3.63) is 47.5 Å². The molecule has 2 aromatic carbocycles. The number of rotatable bonds is 9. The molecule has 1 saturated heterocycles. The Labute approximate surface area is 203 Å². The highest BCUT2D eigenvalue weighted by Crippen LogP contribution is 2.33. The number of hydrogen-bond acceptors (Lipinski definition) is 7. The topological polar surface area (TPSA) is 54.9 Å². The van der Waals surface area contributed by atoms with E-state index in [-0.39, 0.29) is 5.91 Å². The summed E-state index contributed by atoms with van der Waals surface area (Å²) in [7, 11) is 1.65. The molecule has 0 spiro atoms. The van der Waals surface area contributed by atoms with Crippen molar-refractivity contribution in [1.29, 1.82) is 0 Å². The quantitative estimate of drug-likeness (QED) is 0.407. The van der Waals surface area contributed by atoms with Gasteiger partial charge in [-0.2, -0.15) is 0 Å². The standard InChI is InChI=1S/C25H31N3O3S2/c1-18-15-19(2)24-22(16-18)26-25(33-24)28(10-4-9-27-11-13-31-14-12-27)23(29)17-32-21-7-5-20(30-3)6-8-21/h5-8,15-16H,4,9-14,17H2,1-3H3. The lowest BCUT2D eigenvalue weighted by Crippen LogP contribution is -2.39. The number of anilines is 1. The lowest BCUT2D eigenvalue weighted by Gasteiger charge is -2.27. The molecule has 6 nitrogen and oxygen atoms in total. The minimum Gasteiger partial charge on any atom is -0.497 e. The lowest BCUT2D eigenvalue weighted by atomic mass is 10.1. The number of aryl methyl sites for hydroxylation is 2. The van der Waals surface area contributed by atoms with Gasteiger partial charge in [-0.05, 0) is 61.7 Å². The van der Waals surface area contributed by atoms with Crippen molar-refractivity contribution in [3.63, 3.8) is 0 Å². The van der Waals surface area contributed by atoms with Crippen LogP contribution in [0.4, 0.5) is 5.13 Å². The second-order valence-electron chi connectivity index (χ2n) is 8.24. The van der Waals surface area contributed by atoms with Crippen LogP contribution in [0.3, 0.4) is 0 Å². The molecule has 0 atom stereocenters. The third-order valence-corrected chi connectivity index (χ3v) is 7.95. The Bertz CT molecular complexity index is 1080. The van der Waals surface area contributed by atoms with Crippen molar-refractivity contribution < 1.29 is 14.3 Å². The van der Waals surface area contributed by atoms with Crippen LogP contribution in [0.5, 0.6) is 5.75 Å². The van der Waals surface area contributed by atoms with E-state index in [9.17, 15) is 4.79 Å². The highest BCUT2D eigenvalue weighted by atomic mass is 32.2. The average molecular weight is 486 g/mol. The van der Waals surface area contributed by atoms with Crippen LogP contribution in [0.25, 0.3) is 10.2 Å². The molecular formula is C25H31N3O3S2. The molecule has 8 heteroatoms. The van der Waals surface area contributed by atoms with E-state index in [1.54, 1.807) is 30.2 Å². The maximum absolute atomic E-state index is 13.4. The number of nitrogens with zero attached hydrogens (tertiary/aromatic N) is 3. The summed E-state index contributed by atoms with van der Waals surface area (Å²) < 4.78 is 11.8. The van der Waals surface area contributed by atoms with Gasteiger partial charge in [-0.15, -0.1) is 11.8 Å². The zero-order valence-corrected chi connectivity index (χ0v) is 21.1. The minimum absolute atomic E-state index is 0.0891. The summed E-state index contributed by atoms with van der Waals surface area (Å²) in [4.78, 5) is 23.6. The highest BCUT2D eigenvalue weighted by molar-refractivity contribution is 8.00. The zero-order chi connectivity index (χ0) is 23.2. The Balaban J connectivity index is 1.48. The summed E-state index contributed by atoms with van der Waals surface area (Å²) in [6.07, 6.45) is 0.910. The maximum atomic E-state index is 13.4. The number of benzene rings is 2. The molecule has 1 amide bonds. The van der Waals surface area contributed by atoms with Gasteiger partial charge in [0.05, 0.1) is 36.3 Å². The van der Waals surface area contributed by atoms with Gasteiger partial charge in [-0.25, -0.2) is 4.98 Å². The monoisotopic (exact) mass is 485 g/mol. The molecule has 0 N–H and O–H groups in total. The maximum Gasteiger partial charge on any atom is 0.239 e. The molecule has 3 aromatic rings. The number of thiazole rings is 1. The fourth-order valence-corrected chi connectivity index (χ4v) is 5.81. The van der Waals surface area contributed by atoms with Crippen molar-refractivity contribution in [2.45, 2.75) is 25.2 Å². The van der Waals surface area contributed by atoms with E-state index in [0.29, 0.717) is 12.3 Å². The number of morpholine rings is 1. The smallest absolute Gasteiger partial charge is 0.239 e. The zero-order valence-electron chi connectivity index (χ0n) is 19.5. The van der Waals surface area contributed by atoms with Gasteiger partial charge in [0.1, 0.15) is 5.75 Å². The van der Waals surface area contributed by atoms with Gasteiger partial charge in [-0.3, -0.25) is 14.6 Å². The molecule has 1 aliphatic heterocycles. The number of carbonyl (C=O) groups is 1. The van der Waals surface area contributed by atoms with E-state index >= 15 is 0 Å². The molecule has 0 unspecified atom stereocenters. The van der Waals surface area contributed by atoms with Crippen LogP contribution in [-0.4, -0.2) is 68.0 Å².